The lowest BCUT2D eigenvalue weighted by Crippen LogP contribution is -2.42. The third-order valence-electron chi connectivity index (χ3n) is 2.50. The number of anilines is 1. The number of pyridine rings is 1. The second-order valence-corrected chi connectivity index (χ2v) is 4.43. The summed E-state index contributed by atoms with van der Waals surface area (Å²) >= 11 is 5.92. The summed E-state index contributed by atoms with van der Waals surface area (Å²) in [6.45, 7) is 6.23. The first-order valence-electron chi connectivity index (χ1n) is 4.70. The average Bonchev–Trinajstić information content (AvgIpc) is 2.16. The molecule has 0 fully saturated rings. The van der Waals surface area contributed by atoms with E-state index in [4.69, 9.17) is 11.6 Å². The standard InChI is InChI=1S/C11H17ClN2/c1-9-7-10(5-6-13-9)14(4)11(2,3)8-12/h5-7H,8H2,1-4H3. The van der Waals surface area contributed by atoms with Gasteiger partial charge in [-0.15, -0.1) is 11.6 Å². The lowest BCUT2D eigenvalue weighted by Gasteiger charge is -2.35. The van der Waals surface area contributed by atoms with E-state index in [1.54, 1.807) is 0 Å². The van der Waals surface area contributed by atoms with Crippen LogP contribution in [0.1, 0.15) is 19.5 Å². The highest BCUT2D eigenvalue weighted by Crippen LogP contribution is 2.22. The van der Waals surface area contributed by atoms with Crippen molar-refractivity contribution >= 4 is 17.3 Å². The van der Waals surface area contributed by atoms with Crippen molar-refractivity contribution in [1.29, 1.82) is 0 Å². The van der Waals surface area contributed by atoms with Crippen molar-refractivity contribution in [3.8, 4) is 0 Å². The topological polar surface area (TPSA) is 16.1 Å². The van der Waals surface area contributed by atoms with Crippen LogP contribution < -0.4 is 4.90 Å². The molecule has 0 aliphatic heterocycles. The average molecular weight is 213 g/mol. The van der Waals surface area contributed by atoms with Gasteiger partial charge in [-0.1, -0.05) is 0 Å². The highest BCUT2D eigenvalue weighted by atomic mass is 35.5. The molecule has 0 aliphatic carbocycles. The molecule has 0 saturated carbocycles. The number of halogens is 1. The Morgan fingerprint density at radius 1 is 1.50 bits per heavy atom. The summed E-state index contributed by atoms with van der Waals surface area (Å²) in [4.78, 5) is 6.35. The third-order valence-corrected chi connectivity index (χ3v) is 3.16. The van der Waals surface area contributed by atoms with Crippen LogP contribution in [0.25, 0.3) is 0 Å². The zero-order valence-electron chi connectivity index (χ0n) is 9.21. The lowest BCUT2D eigenvalue weighted by molar-refractivity contribution is 0.545. The van der Waals surface area contributed by atoms with Crippen molar-refractivity contribution < 1.29 is 0 Å². The molecule has 0 spiro atoms. The summed E-state index contributed by atoms with van der Waals surface area (Å²) in [5, 5.41) is 0. The van der Waals surface area contributed by atoms with Crippen molar-refractivity contribution in [3.63, 3.8) is 0 Å². The summed E-state index contributed by atoms with van der Waals surface area (Å²) < 4.78 is 0. The quantitative estimate of drug-likeness (QED) is 0.717. The van der Waals surface area contributed by atoms with Crippen LogP contribution >= 0.6 is 11.6 Å². The molecule has 0 unspecified atom stereocenters. The van der Waals surface area contributed by atoms with E-state index < -0.39 is 0 Å². The van der Waals surface area contributed by atoms with E-state index in [9.17, 15) is 0 Å². The van der Waals surface area contributed by atoms with Gasteiger partial charge in [0.15, 0.2) is 0 Å². The molecular formula is C11H17ClN2. The van der Waals surface area contributed by atoms with E-state index in [2.05, 4.69) is 36.8 Å². The summed E-state index contributed by atoms with van der Waals surface area (Å²) in [6.07, 6.45) is 1.82. The Balaban J connectivity index is 2.94. The van der Waals surface area contributed by atoms with Crippen LogP contribution in [0.3, 0.4) is 0 Å². The fourth-order valence-electron chi connectivity index (χ4n) is 1.18. The Morgan fingerprint density at radius 2 is 2.14 bits per heavy atom. The summed E-state index contributed by atoms with van der Waals surface area (Å²) in [5.41, 5.74) is 2.15. The van der Waals surface area contributed by atoms with Gasteiger partial charge in [0.25, 0.3) is 0 Å². The molecule has 0 aromatic carbocycles. The van der Waals surface area contributed by atoms with Gasteiger partial charge in [0.05, 0.1) is 0 Å². The summed E-state index contributed by atoms with van der Waals surface area (Å²) in [6, 6.07) is 4.07. The lowest BCUT2D eigenvalue weighted by atomic mass is 10.1. The van der Waals surface area contributed by atoms with Gasteiger partial charge in [0.2, 0.25) is 0 Å². The van der Waals surface area contributed by atoms with Crippen molar-refractivity contribution in [1.82, 2.24) is 4.98 Å². The molecule has 14 heavy (non-hydrogen) atoms. The maximum atomic E-state index is 5.92. The van der Waals surface area contributed by atoms with E-state index in [-0.39, 0.29) is 5.54 Å². The highest BCUT2D eigenvalue weighted by Gasteiger charge is 2.22. The minimum Gasteiger partial charge on any atom is -0.368 e. The van der Waals surface area contributed by atoms with Gasteiger partial charge in [-0.2, -0.15) is 0 Å². The fourth-order valence-corrected chi connectivity index (χ4v) is 1.36. The van der Waals surface area contributed by atoms with E-state index in [0.717, 1.165) is 11.4 Å². The van der Waals surface area contributed by atoms with Crippen LogP contribution in [0.15, 0.2) is 18.3 Å². The van der Waals surface area contributed by atoms with Gasteiger partial charge >= 0.3 is 0 Å². The maximum Gasteiger partial charge on any atom is 0.0477 e. The van der Waals surface area contributed by atoms with Crippen LogP contribution in [0, 0.1) is 6.92 Å². The van der Waals surface area contributed by atoms with Crippen LogP contribution in [0.5, 0.6) is 0 Å². The van der Waals surface area contributed by atoms with Gasteiger partial charge < -0.3 is 4.90 Å². The number of aryl methyl sites for hydroxylation is 1. The van der Waals surface area contributed by atoms with Crippen LogP contribution in [-0.4, -0.2) is 23.5 Å². The second kappa shape index (κ2) is 4.18. The van der Waals surface area contributed by atoms with E-state index in [0.29, 0.717) is 5.88 Å². The zero-order chi connectivity index (χ0) is 10.8. The van der Waals surface area contributed by atoms with Crippen molar-refractivity contribution in [2.75, 3.05) is 17.8 Å². The van der Waals surface area contributed by atoms with Crippen LogP contribution in [-0.2, 0) is 0 Å². The van der Waals surface area contributed by atoms with Gasteiger partial charge in [-0.05, 0) is 32.9 Å². The predicted octanol–water partition coefficient (Wildman–Crippen LogP) is 2.84. The highest BCUT2D eigenvalue weighted by molar-refractivity contribution is 6.18. The smallest absolute Gasteiger partial charge is 0.0477 e. The number of hydrogen-bond donors (Lipinski definition) is 0. The first kappa shape index (κ1) is 11.3. The van der Waals surface area contributed by atoms with Gasteiger partial charge in [0, 0.05) is 36.0 Å². The number of rotatable bonds is 3. The normalized spacial score (nSPS) is 11.5. The van der Waals surface area contributed by atoms with E-state index in [1.165, 1.54) is 0 Å². The van der Waals surface area contributed by atoms with Crippen LogP contribution in [0.2, 0.25) is 0 Å². The van der Waals surface area contributed by atoms with Crippen molar-refractivity contribution in [2.24, 2.45) is 0 Å². The molecule has 1 aromatic rings. The molecule has 2 nitrogen and oxygen atoms in total. The zero-order valence-corrected chi connectivity index (χ0v) is 9.97. The molecule has 1 heterocycles. The minimum absolute atomic E-state index is 0.0324. The second-order valence-electron chi connectivity index (χ2n) is 4.16. The van der Waals surface area contributed by atoms with Crippen LogP contribution in [0.4, 0.5) is 5.69 Å². The molecule has 0 N–H and O–H groups in total. The first-order chi connectivity index (χ1) is 6.47. The predicted molar refractivity (Wildman–Crippen MR) is 62.2 cm³/mol. The largest absolute Gasteiger partial charge is 0.368 e. The molecule has 0 aliphatic rings. The fraction of sp³-hybridized carbons (Fsp3) is 0.545. The SMILES string of the molecule is Cc1cc(N(C)C(C)(C)CCl)ccn1. The Labute approximate surface area is 90.9 Å². The molecule has 1 rings (SSSR count). The number of aromatic nitrogens is 1. The Bertz CT molecular complexity index is 310. The monoisotopic (exact) mass is 212 g/mol. The minimum atomic E-state index is -0.0324. The number of nitrogens with zero attached hydrogens (tertiary/aromatic N) is 2. The summed E-state index contributed by atoms with van der Waals surface area (Å²) in [7, 11) is 2.05. The van der Waals surface area contributed by atoms with Gasteiger partial charge in [0.1, 0.15) is 0 Å². The van der Waals surface area contributed by atoms with Gasteiger partial charge in [-0.25, -0.2) is 0 Å². The molecular weight excluding hydrogens is 196 g/mol. The Kier molecular flexibility index (Phi) is 3.38. The molecule has 0 amide bonds. The molecule has 0 bridgehead atoms. The van der Waals surface area contributed by atoms with E-state index in [1.807, 2.05) is 19.2 Å². The number of alkyl halides is 1. The maximum absolute atomic E-state index is 5.92. The Hall–Kier alpha value is -0.760. The molecule has 1 aromatic heterocycles. The third kappa shape index (κ3) is 2.38. The molecule has 3 heteroatoms. The van der Waals surface area contributed by atoms with Crippen molar-refractivity contribution in [2.45, 2.75) is 26.3 Å². The molecule has 78 valence electrons. The van der Waals surface area contributed by atoms with E-state index >= 15 is 0 Å². The molecule has 0 atom stereocenters. The molecule has 0 radical (unpaired) electrons. The number of hydrogen-bond acceptors (Lipinski definition) is 2. The van der Waals surface area contributed by atoms with Crippen molar-refractivity contribution in [3.05, 3.63) is 24.0 Å². The Morgan fingerprint density at radius 3 is 2.64 bits per heavy atom. The first-order valence-corrected chi connectivity index (χ1v) is 5.23. The molecule has 0 saturated heterocycles. The summed E-state index contributed by atoms with van der Waals surface area (Å²) in [5.74, 6) is 0.602. The van der Waals surface area contributed by atoms with Gasteiger partial charge in [-0.3, -0.25) is 4.98 Å².